The van der Waals surface area contributed by atoms with E-state index in [1.165, 1.54) is 5.56 Å². The van der Waals surface area contributed by atoms with Crippen molar-refractivity contribution in [1.29, 1.82) is 0 Å². The van der Waals surface area contributed by atoms with Gasteiger partial charge in [-0.2, -0.15) is 10.1 Å². The molecule has 0 radical (unpaired) electrons. The molecule has 0 atom stereocenters. The fourth-order valence-corrected chi connectivity index (χ4v) is 1.65. The van der Waals surface area contributed by atoms with Crippen molar-refractivity contribution in [2.75, 3.05) is 7.05 Å². The van der Waals surface area contributed by atoms with Crippen molar-refractivity contribution in [2.24, 2.45) is 7.05 Å². The van der Waals surface area contributed by atoms with Crippen LogP contribution < -0.4 is 0 Å². The van der Waals surface area contributed by atoms with E-state index in [1.54, 1.807) is 4.68 Å². The first-order valence-electron chi connectivity index (χ1n) is 5.65. The van der Waals surface area contributed by atoms with Crippen LogP contribution in [0.15, 0.2) is 16.9 Å². The molecule has 17 heavy (non-hydrogen) atoms. The predicted molar refractivity (Wildman–Crippen MR) is 62.1 cm³/mol. The van der Waals surface area contributed by atoms with Gasteiger partial charge in [-0.25, -0.2) is 0 Å². The van der Waals surface area contributed by atoms with Crippen molar-refractivity contribution in [1.82, 2.24) is 24.8 Å². The lowest BCUT2D eigenvalue weighted by Gasteiger charge is -2.12. The number of rotatable bonds is 5. The van der Waals surface area contributed by atoms with Crippen molar-refractivity contribution in [3.05, 3.63) is 29.7 Å². The average molecular weight is 235 g/mol. The highest BCUT2D eigenvalue weighted by atomic mass is 16.5. The second-order valence-corrected chi connectivity index (χ2v) is 4.15. The van der Waals surface area contributed by atoms with Gasteiger partial charge in [0.2, 0.25) is 5.89 Å². The number of hydrogen-bond acceptors (Lipinski definition) is 5. The van der Waals surface area contributed by atoms with Gasteiger partial charge in [0.05, 0.1) is 12.7 Å². The van der Waals surface area contributed by atoms with Crippen LogP contribution in [-0.4, -0.2) is 31.9 Å². The Morgan fingerprint density at radius 1 is 1.41 bits per heavy atom. The SMILES string of the molecule is CCc1noc(CN(C)Cc2cnn(C)c2)n1. The number of nitrogens with zero attached hydrogens (tertiary/aromatic N) is 5. The largest absolute Gasteiger partial charge is 0.338 e. The van der Waals surface area contributed by atoms with Crippen LogP contribution >= 0.6 is 0 Å². The maximum Gasteiger partial charge on any atom is 0.240 e. The lowest BCUT2D eigenvalue weighted by atomic mass is 10.3. The first-order valence-corrected chi connectivity index (χ1v) is 5.65. The van der Waals surface area contributed by atoms with Crippen molar-refractivity contribution in [3.8, 4) is 0 Å². The maximum absolute atomic E-state index is 5.15. The van der Waals surface area contributed by atoms with Crippen molar-refractivity contribution in [3.63, 3.8) is 0 Å². The van der Waals surface area contributed by atoms with Gasteiger partial charge in [-0.05, 0) is 7.05 Å². The van der Waals surface area contributed by atoms with Gasteiger partial charge in [0.15, 0.2) is 5.82 Å². The first kappa shape index (κ1) is 11.8. The highest BCUT2D eigenvalue weighted by molar-refractivity contribution is 5.03. The van der Waals surface area contributed by atoms with Crippen LogP contribution in [0, 0.1) is 0 Å². The molecule has 0 aromatic carbocycles. The van der Waals surface area contributed by atoms with Gasteiger partial charge in [-0.15, -0.1) is 0 Å². The minimum absolute atomic E-state index is 0.655. The normalized spacial score (nSPS) is 11.3. The summed E-state index contributed by atoms with van der Waals surface area (Å²) in [4.78, 5) is 6.39. The van der Waals surface area contributed by atoms with Gasteiger partial charge < -0.3 is 4.52 Å². The molecule has 92 valence electrons. The average Bonchev–Trinajstić information content (AvgIpc) is 2.88. The van der Waals surface area contributed by atoms with E-state index in [1.807, 2.05) is 33.4 Å². The van der Waals surface area contributed by atoms with Gasteiger partial charge in [-0.3, -0.25) is 9.58 Å². The van der Waals surface area contributed by atoms with Crippen molar-refractivity contribution in [2.45, 2.75) is 26.4 Å². The molecule has 2 aromatic heterocycles. The van der Waals surface area contributed by atoms with Crippen LogP contribution in [0.4, 0.5) is 0 Å². The molecule has 0 aliphatic heterocycles. The minimum Gasteiger partial charge on any atom is -0.338 e. The maximum atomic E-state index is 5.15. The van der Waals surface area contributed by atoms with E-state index in [-0.39, 0.29) is 0 Å². The molecule has 0 amide bonds. The zero-order chi connectivity index (χ0) is 12.3. The van der Waals surface area contributed by atoms with E-state index in [4.69, 9.17) is 4.52 Å². The van der Waals surface area contributed by atoms with E-state index in [2.05, 4.69) is 20.1 Å². The molecule has 6 nitrogen and oxygen atoms in total. The molecule has 0 bridgehead atoms. The third kappa shape index (κ3) is 3.13. The summed E-state index contributed by atoms with van der Waals surface area (Å²) in [6.45, 7) is 3.48. The molecule has 0 aliphatic carbocycles. The topological polar surface area (TPSA) is 60.0 Å². The van der Waals surface area contributed by atoms with Gasteiger partial charge >= 0.3 is 0 Å². The van der Waals surface area contributed by atoms with Gasteiger partial charge in [-0.1, -0.05) is 12.1 Å². The van der Waals surface area contributed by atoms with E-state index in [0.29, 0.717) is 12.4 Å². The summed E-state index contributed by atoms with van der Waals surface area (Å²) in [7, 11) is 3.93. The quantitative estimate of drug-likeness (QED) is 0.773. The van der Waals surface area contributed by atoms with Crippen LogP contribution in [0.2, 0.25) is 0 Å². The summed E-state index contributed by atoms with van der Waals surface area (Å²) in [5.74, 6) is 1.42. The van der Waals surface area contributed by atoms with Crippen LogP contribution in [0.1, 0.15) is 24.2 Å². The van der Waals surface area contributed by atoms with E-state index in [0.717, 1.165) is 18.8 Å². The Labute approximate surface area is 100 Å². The van der Waals surface area contributed by atoms with Crippen molar-refractivity contribution >= 4 is 0 Å². The Morgan fingerprint density at radius 2 is 2.24 bits per heavy atom. The fourth-order valence-electron chi connectivity index (χ4n) is 1.65. The minimum atomic E-state index is 0.655. The Morgan fingerprint density at radius 3 is 2.82 bits per heavy atom. The molecular weight excluding hydrogens is 218 g/mol. The number of aromatic nitrogens is 4. The third-order valence-electron chi connectivity index (χ3n) is 2.44. The molecule has 0 fully saturated rings. The molecule has 2 heterocycles. The van der Waals surface area contributed by atoms with E-state index >= 15 is 0 Å². The highest BCUT2D eigenvalue weighted by Crippen LogP contribution is 2.06. The highest BCUT2D eigenvalue weighted by Gasteiger charge is 2.09. The van der Waals surface area contributed by atoms with Gasteiger partial charge in [0, 0.05) is 31.8 Å². The second kappa shape index (κ2) is 5.09. The third-order valence-corrected chi connectivity index (χ3v) is 2.44. The molecule has 0 saturated heterocycles. The Bertz CT molecular complexity index is 476. The lowest BCUT2D eigenvalue weighted by Crippen LogP contribution is -2.17. The summed E-state index contributed by atoms with van der Waals surface area (Å²) in [5, 5.41) is 8.00. The van der Waals surface area contributed by atoms with E-state index < -0.39 is 0 Å². The Kier molecular flexibility index (Phi) is 3.53. The second-order valence-electron chi connectivity index (χ2n) is 4.15. The van der Waals surface area contributed by atoms with Crippen LogP contribution in [0.25, 0.3) is 0 Å². The van der Waals surface area contributed by atoms with Crippen molar-refractivity contribution < 1.29 is 4.52 Å². The molecule has 2 rings (SSSR count). The summed E-state index contributed by atoms with van der Waals surface area (Å²) in [6.07, 6.45) is 4.67. The molecular formula is C11H17N5O. The molecule has 0 aliphatic rings. The zero-order valence-electron chi connectivity index (χ0n) is 10.4. The first-order chi connectivity index (χ1) is 8.17. The number of aryl methyl sites for hydroxylation is 2. The monoisotopic (exact) mass is 235 g/mol. The molecule has 6 heteroatoms. The summed E-state index contributed by atoms with van der Waals surface area (Å²) >= 11 is 0. The van der Waals surface area contributed by atoms with E-state index in [9.17, 15) is 0 Å². The summed E-state index contributed by atoms with van der Waals surface area (Å²) < 4.78 is 6.94. The lowest BCUT2D eigenvalue weighted by molar-refractivity contribution is 0.260. The molecule has 0 saturated carbocycles. The van der Waals surface area contributed by atoms with Crippen LogP contribution in [0.3, 0.4) is 0 Å². The van der Waals surface area contributed by atoms with Gasteiger partial charge in [0.25, 0.3) is 0 Å². The predicted octanol–water partition coefficient (Wildman–Crippen LogP) is 0.997. The smallest absolute Gasteiger partial charge is 0.240 e. The Hall–Kier alpha value is -1.69. The fraction of sp³-hybridized carbons (Fsp3) is 0.545. The standard InChI is InChI=1S/C11H17N5O/c1-4-10-13-11(17-14-10)8-15(2)6-9-5-12-16(3)7-9/h5,7H,4,6,8H2,1-3H3. The molecule has 0 unspecified atom stereocenters. The number of hydrogen-bond donors (Lipinski definition) is 0. The van der Waals surface area contributed by atoms with Gasteiger partial charge in [0.1, 0.15) is 0 Å². The zero-order valence-corrected chi connectivity index (χ0v) is 10.4. The Balaban J connectivity index is 1.90. The molecule has 0 spiro atoms. The molecule has 2 aromatic rings. The molecule has 0 N–H and O–H groups in total. The van der Waals surface area contributed by atoms with Crippen LogP contribution in [-0.2, 0) is 26.6 Å². The summed E-state index contributed by atoms with van der Waals surface area (Å²) in [6, 6.07) is 0. The van der Waals surface area contributed by atoms with Crippen LogP contribution in [0.5, 0.6) is 0 Å². The summed E-state index contributed by atoms with van der Waals surface area (Å²) in [5.41, 5.74) is 1.17.